The van der Waals surface area contributed by atoms with Crippen molar-refractivity contribution in [1.29, 1.82) is 0 Å². The molecule has 0 atom stereocenters. The molecule has 1 aromatic rings. The number of carbonyl (C=O) groups excluding carboxylic acids is 1. The molecular formula is C18H29N3O. The van der Waals surface area contributed by atoms with Crippen LogP contribution in [0.1, 0.15) is 37.3 Å². The minimum Gasteiger partial charge on any atom is -0.334 e. The van der Waals surface area contributed by atoms with E-state index in [4.69, 9.17) is 0 Å². The highest BCUT2D eigenvalue weighted by Crippen LogP contribution is 2.08. The van der Waals surface area contributed by atoms with Gasteiger partial charge in [-0.05, 0) is 31.0 Å². The van der Waals surface area contributed by atoms with Gasteiger partial charge >= 0.3 is 6.03 Å². The number of hydrogen-bond donors (Lipinski definition) is 1. The molecule has 1 aromatic carbocycles. The minimum atomic E-state index is 0.0662. The van der Waals surface area contributed by atoms with Crippen molar-refractivity contribution in [3.05, 3.63) is 35.4 Å². The van der Waals surface area contributed by atoms with Crippen molar-refractivity contribution in [3.63, 3.8) is 0 Å². The lowest BCUT2D eigenvalue weighted by Gasteiger charge is -2.34. The second-order valence-electron chi connectivity index (χ2n) is 6.12. The number of aryl methyl sites for hydroxylation is 1. The van der Waals surface area contributed by atoms with E-state index in [1.165, 1.54) is 36.9 Å². The number of nitrogens with zero attached hydrogens (tertiary/aromatic N) is 2. The first-order valence-corrected chi connectivity index (χ1v) is 8.50. The monoisotopic (exact) mass is 303 g/mol. The summed E-state index contributed by atoms with van der Waals surface area (Å²) in [6.45, 7) is 9.78. The predicted molar refractivity (Wildman–Crippen MR) is 91.0 cm³/mol. The van der Waals surface area contributed by atoms with E-state index in [-0.39, 0.29) is 6.03 Å². The summed E-state index contributed by atoms with van der Waals surface area (Å²) in [4.78, 5) is 16.7. The lowest BCUT2D eigenvalue weighted by molar-refractivity contribution is 0.138. The zero-order valence-corrected chi connectivity index (χ0v) is 14.0. The molecule has 0 unspecified atom stereocenters. The summed E-state index contributed by atoms with van der Waals surface area (Å²) in [6, 6.07) is 8.26. The van der Waals surface area contributed by atoms with Crippen molar-refractivity contribution in [2.75, 3.05) is 32.7 Å². The summed E-state index contributed by atoms with van der Waals surface area (Å²) < 4.78 is 0. The van der Waals surface area contributed by atoms with Gasteiger partial charge in [-0.15, -0.1) is 0 Å². The van der Waals surface area contributed by atoms with Gasteiger partial charge in [0.2, 0.25) is 0 Å². The standard InChI is InChI=1S/C18H29N3O/c1-3-4-7-10-20-11-13-21(14-12-20)18(22)19-15-17-9-6-5-8-16(17)2/h5-6,8-9H,3-4,7,10-15H2,1-2H3,(H,19,22). The van der Waals surface area contributed by atoms with E-state index < -0.39 is 0 Å². The van der Waals surface area contributed by atoms with Crippen molar-refractivity contribution >= 4 is 6.03 Å². The maximum absolute atomic E-state index is 12.2. The van der Waals surface area contributed by atoms with Gasteiger partial charge in [0.15, 0.2) is 0 Å². The fraction of sp³-hybridized carbons (Fsp3) is 0.611. The van der Waals surface area contributed by atoms with E-state index in [2.05, 4.69) is 36.2 Å². The number of unbranched alkanes of at least 4 members (excludes halogenated alkanes) is 2. The fourth-order valence-electron chi connectivity index (χ4n) is 2.85. The van der Waals surface area contributed by atoms with Crippen molar-refractivity contribution < 1.29 is 4.79 Å². The van der Waals surface area contributed by atoms with Crippen LogP contribution in [0.5, 0.6) is 0 Å². The molecule has 1 fully saturated rings. The molecule has 22 heavy (non-hydrogen) atoms. The van der Waals surface area contributed by atoms with Gasteiger partial charge in [0, 0.05) is 32.7 Å². The van der Waals surface area contributed by atoms with E-state index in [0.29, 0.717) is 6.54 Å². The summed E-state index contributed by atoms with van der Waals surface area (Å²) in [6.07, 6.45) is 3.84. The second-order valence-corrected chi connectivity index (χ2v) is 6.12. The van der Waals surface area contributed by atoms with Crippen LogP contribution in [0.25, 0.3) is 0 Å². The molecular weight excluding hydrogens is 274 g/mol. The van der Waals surface area contributed by atoms with Crippen molar-refractivity contribution in [1.82, 2.24) is 15.1 Å². The quantitative estimate of drug-likeness (QED) is 0.820. The largest absolute Gasteiger partial charge is 0.334 e. The number of urea groups is 1. The molecule has 0 aliphatic carbocycles. The first-order chi connectivity index (χ1) is 10.7. The predicted octanol–water partition coefficient (Wildman–Crippen LogP) is 3.01. The molecule has 4 heteroatoms. The van der Waals surface area contributed by atoms with E-state index in [1.807, 2.05) is 17.0 Å². The molecule has 122 valence electrons. The van der Waals surface area contributed by atoms with Crippen LogP contribution in [0.15, 0.2) is 24.3 Å². The van der Waals surface area contributed by atoms with E-state index >= 15 is 0 Å². The third-order valence-electron chi connectivity index (χ3n) is 4.43. The maximum Gasteiger partial charge on any atom is 0.317 e. The van der Waals surface area contributed by atoms with Gasteiger partial charge in [-0.1, -0.05) is 44.0 Å². The molecule has 4 nitrogen and oxygen atoms in total. The Hall–Kier alpha value is -1.55. The van der Waals surface area contributed by atoms with Gasteiger partial charge in [-0.25, -0.2) is 4.79 Å². The number of carbonyl (C=O) groups is 1. The first-order valence-electron chi connectivity index (χ1n) is 8.50. The zero-order chi connectivity index (χ0) is 15.8. The van der Waals surface area contributed by atoms with Crippen LogP contribution in [0.2, 0.25) is 0 Å². The highest BCUT2D eigenvalue weighted by atomic mass is 16.2. The van der Waals surface area contributed by atoms with Crippen LogP contribution in [0, 0.1) is 6.92 Å². The number of hydrogen-bond acceptors (Lipinski definition) is 2. The van der Waals surface area contributed by atoms with Crippen LogP contribution in [0.4, 0.5) is 4.79 Å². The molecule has 2 rings (SSSR count). The third kappa shape index (κ3) is 5.02. The molecule has 1 aliphatic rings. The first kappa shape index (κ1) is 16.8. The fourth-order valence-corrected chi connectivity index (χ4v) is 2.85. The second kappa shape index (κ2) is 8.79. The van der Waals surface area contributed by atoms with Crippen LogP contribution in [-0.4, -0.2) is 48.6 Å². The Bertz CT molecular complexity index is 467. The molecule has 0 saturated carbocycles. The number of amides is 2. The van der Waals surface area contributed by atoms with Gasteiger partial charge in [0.05, 0.1) is 0 Å². The van der Waals surface area contributed by atoms with Crippen LogP contribution in [0.3, 0.4) is 0 Å². The Morgan fingerprint density at radius 3 is 2.55 bits per heavy atom. The molecule has 1 saturated heterocycles. The Morgan fingerprint density at radius 2 is 1.86 bits per heavy atom. The zero-order valence-electron chi connectivity index (χ0n) is 14.0. The van der Waals surface area contributed by atoms with Crippen molar-refractivity contribution in [3.8, 4) is 0 Å². The summed E-state index contributed by atoms with van der Waals surface area (Å²) in [5, 5.41) is 3.05. The van der Waals surface area contributed by atoms with E-state index in [0.717, 1.165) is 26.2 Å². The normalized spacial score (nSPS) is 15.8. The van der Waals surface area contributed by atoms with Crippen LogP contribution >= 0.6 is 0 Å². The number of rotatable bonds is 6. The van der Waals surface area contributed by atoms with Crippen molar-refractivity contribution in [2.24, 2.45) is 0 Å². The summed E-state index contributed by atoms with van der Waals surface area (Å²) in [7, 11) is 0. The molecule has 0 radical (unpaired) electrons. The van der Waals surface area contributed by atoms with Gasteiger partial charge in [-0.2, -0.15) is 0 Å². The van der Waals surface area contributed by atoms with E-state index in [9.17, 15) is 4.79 Å². The van der Waals surface area contributed by atoms with Crippen LogP contribution < -0.4 is 5.32 Å². The molecule has 0 aromatic heterocycles. The smallest absolute Gasteiger partial charge is 0.317 e. The topological polar surface area (TPSA) is 35.6 Å². The van der Waals surface area contributed by atoms with Gasteiger partial charge in [0.25, 0.3) is 0 Å². The molecule has 1 heterocycles. The number of piperazine rings is 1. The molecule has 0 spiro atoms. The summed E-state index contributed by atoms with van der Waals surface area (Å²) in [5.74, 6) is 0. The third-order valence-corrected chi connectivity index (χ3v) is 4.43. The highest BCUT2D eigenvalue weighted by molar-refractivity contribution is 5.74. The lowest BCUT2D eigenvalue weighted by atomic mass is 10.1. The van der Waals surface area contributed by atoms with Crippen LogP contribution in [-0.2, 0) is 6.54 Å². The molecule has 1 aliphatic heterocycles. The van der Waals surface area contributed by atoms with Gasteiger partial charge in [0.1, 0.15) is 0 Å². The number of benzene rings is 1. The maximum atomic E-state index is 12.2. The Balaban J connectivity index is 1.70. The number of nitrogens with one attached hydrogen (secondary N) is 1. The molecule has 1 N–H and O–H groups in total. The Kier molecular flexibility index (Phi) is 6.72. The summed E-state index contributed by atoms with van der Waals surface area (Å²) in [5.41, 5.74) is 2.41. The van der Waals surface area contributed by atoms with Crippen molar-refractivity contribution in [2.45, 2.75) is 39.7 Å². The molecule has 0 bridgehead atoms. The summed E-state index contributed by atoms with van der Waals surface area (Å²) >= 11 is 0. The lowest BCUT2D eigenvalue weighted by Crippen LogP contribution is -2.51. The average Bonchev–Trinajstić information content (AvgIpc) is 2.55. The van der Waals surface area contributed by atoms with Gasteiger partial charge < -0.3 is 10.2 Å². The molecule has 2 amide bonds. The Morgan fingerprint density at radius 1 is 1.14 bits per heavy atom. The highest BCUT2D eigenvalue weighted by Gasteiger charge is 2.20. The van der Waals surface area contributed by atoms with Gasteiger partial charge in [-0.3, -0.25) is 4.90 Å². The SMILES string of the molecule is CCCCCN1CCN(C(=O)NCc2ccccc2C)CC1. The minimum absolute atomic E-state index is 0.0662. The average molecular weight is 303 g/mol. The van der Waals surface area contributed by atoms with E-state index in [1.54, 1.807) is 0 Å². The Labute approximate surface area is 134 Å².